The summed E-state index contributed by atoms with van der Waals surface area (Å²) in [6.07, 6.45) is 2.50. The van der Waals surface area contributed by atoms with Crippen molar-refractivity contribution in [2.24, 2.45) is 11.3 Å². The number of rotatable bonds is 5. The van der Waals surface area contributed by atoms with E-state index in [2.05, 4.69) is 16.4 Å². The zero-order valence-corrected chi connectivity index (χ0v) is 21.3. The van der Waals surface area contributed by atoms with E-state index in [1.165, 1.54) is 11.8 Å². The lowest BCUT2D eigenvalue weighted by Crippen LogP contribution is -2.41. The molecule has 35 heavy (non-hydrogen) atoms. The molecule has 1 aliphatic carbocycles. The van der Waals surface area contributed by atoms with Gasteiger partial charge in [-0.3, -0.25) is 9.59 Å². The van der Waals surface area contributed by atoms with Crippen molar-refractivity contribution in [3.8, 4) is 5.75 Å². The van der Waals surface area contributed by atoms with Gasteiger partial charge < -0.3 is 15.0 Å². The molecule has 0 spiro atoms. The smallest absolute Gasteiger partial charge is 0.257 e. The van der Waals surface area contributed by atoms with Crippen LogP contribution in [0, 0.1) is 11.3 Å². The van der Waals surface area contributed by atoms with Crippen LogP contribution in [-0.2, 0) is 10.5 Å². The van der Waals surface area contributed by atoms with Crippen molar-refractivity contribution in [1.29, 1.82) is 0 Å². The first-order valence-electron chi connectivity index (χ1n) is 11.4. The molecule has 0 saturated heterocycles. The number of aromatic nitrogens is 2. The van der Waals surface area contributed by atoms with Crippen molar-refractivity contribution in [1.82, 2.24) is 9.97 Å². The number of hydrogen-bond donors (Lipinski definition) is 2. The number of para-hydroxylation sites is 1. The summed E-state index contributed by atoms with van der Waals surface area (Å²) in [5, 5.41) is 4.50. The molecule has 2 atom stereocenters. The lowest BCUT2D eigenvalue weighted by molar-refractivity contribution is -0.124. The predicted molar refractivity (Wildman–Crippen MR) is 139 cm³/mol. The Bertz CT molecular complexity index is 1400. The summed E-state index contributed by atoms with van der Waals surface area (Å²) in [7, 11) is 1.60. The minimum absolute atomic E-state index is 0.0955. The Balaban J connectivity index is 1.62. The quantitative estimate of drug-likeness (QED) is 0.336. The number of H-pyrrole nitrogens is 1. The Morgan fingerprint density at radius 3 is 2.63 bits per heavy atom. The van der Waals surface area contributed by atoms with Crippen molar-refractivity contribution in [2.75, 3.05) is 12.4 Å². The summed E-state index contributed by atoms with van der Waals surface area (Å²) in [6.45, 7) is 4.08. The standard InChI is InChI=1S/C27H26ClN3O3S/c1-27(2)12-18-22(19(32)13-27)21(16-9-5-7-11-20(16)34-3)23-24(29-18)30-26(31-25(23)33)35-14-15-8-4-6-10-17(15)28/h4-12,21-22H,13-14H2,1-3H3,(H2,29,30,31,33). The average Bonchev–Trinajstić information content (AvgIpc) is 2.81. The molecule has 2 unspecified atom stereocenters. The Kier molecular flexibility index (Phi) is 6.23. The first kappa shape index (κ1) is 23.7. The van der Waals surface area contributed by atoms with Gasteiger partial charge in [-0.1, -0.05) is 79.7 Å². The Morgan fingerprint density at radius 1 is 1.11 bits per heavy atom. The van der Waals surface area contributed by atoms with E-state index >= 15 is 0 Å². The van der Waals surface area contributed by atoms with Crippen molar-refractivity contribution in [3.05, 3.63) is 92.4 Å². The number of anilines is 1. The molecular formula is C27H26ClN3O3S. The predicted octanol–water partition coefficient (Wildman–Crippen LogP) is 5.78. The molecular weight excluding hydrogens is 482 g/mol. The number of Topliss-reactive ketones (excluding diaryl/α,β-unsaturated/α-hetero) is 1. The van der Waals surface area contributed by atoms with Crippen molar-refractivity contribution in [3.63, 3.8) is 0 Å². The second-order valence-electron chi connectivity index (χ2n) is 9.57. The average molecular weight is 508 g/mol. The van der Waals surface area contributed by atoms with Gasteiger partial charge in [-0.25, -0.2) is 4.98 Å². The second kappa shape index (κ2) is 9.21. The van der Waals surface area contributed by atoms with E-state index in [1.54, 1.807) is 7.11 Å². The van der Waals surface area contributed by atoms with Gasteiger partial charge in [0.05, 0.1) is 18.6 Å². The largest absolute Gasteiger partial charge is 0.496 e. The number of aromatic amines is 1. The summed E-state index contributed by atoms with van der Waals surface area (Å²) in [5.74, 6) is 0.762. The van der Waals surface area contributed by atoms with E-state index in [-0.39, 0.29) is 16.8 Å². The highest BCUT2D eigenvalue weighted by molar-refractivity contribution is 7.98. The lowest BCUT2D eigenvalue weighted by atomic mass is 9.67. The molecule has 1 aliphatic heterocycles. The fourth-order valence-corrected chi connectivity index (χ4v) is 6.16. The van der Waals surface area contributed by atoms with Crippen molar-refractivity contribution < 1.29 is 9.53 Å². The zero-order valence-electron chi connectivity index (χ0n) is 19.7. The van der Waals surface area contributed by atoms with Gasteiger partial charge in [-0.2, -0.15) is 0 Å². The first-order valence-corrected chi connectivity index (χ1v) is 12.8. The molecule has 2 aromatic carbocycles. The van der Waals surface area contributed by atoms with Crippen molar-refractivity contribution >= 4 is 35.0 Å². The number of ketones is 1. The molecule has 2 N–H and O–H groups in total. The second-order valence-corrected chi connectivity index (χ2v) is 10.9. The molecule has 2 aliphatic rings. The summed E-state index contributed by atoms with van der Waals surface area (Å²) in [5.41, 5.74) is 2.44. The van der Waals surface area contributed by atoms with Crippen LogP contribution < -0.4 is 15.6 Å². The summed E-state index contributed by atoms with van der Waals surface area (Å²) < 4.78 is 5.63. The number of hydrogen-bond acceptors (Lipinski definition) is 6. The molecule has 3 aromatic rings. The van der Waals surface area contributed by atoms with Gasteiger partial charge in [-0.15, -0.1) is 0 Å². The minimum atomic E-state index is -0.504. The van der Waals surface area contributed by atoms with E-state index in [1.807, 2.05) is 62.4 Å². The van der Waals surface area contributed by atoms with E-state index in [0.29, 0.717) is 39.5 Å². The van der Waals surface area contributed by atoms with Gasteiger partial charge in [-0.05, 0) is 23.1 Å². The highest BCUT2D eigenvalue weighted by atomic mass is 35.5. The summed E-state index contributed by atoms with van der Waals surface area (Å²) >= 11 is 7.71. The third-order valence-electron chi connectivity index (χ3n) is 6.49. The fraction of sp³-hybridized carbons (Fsp3) is 0.296. The number of methoxy groups -OCH3 is 1. The topological polar surface area (TPSA) is 84.1 Å². The van der Waals surface area contributed by atoms with E-state index in [0.717, 1.165) is 16.8 Å². The van der Waals surface area contributed by atoms with Crippen LogP contribution in [0.1, 0.15) is 42.9 Å². The number of carbonyl (C=O) groups is 1. The molecule has 0 amide bonds. The minimum Gasteiger partial charge on any atom is -0.496 e. The third kappa shape index (κ3) is 4.50. The molecule has 6 nitrogen and oxygen atoms in total. The lowest BCUT2D eigenvalue weighted by Gasteiger charge is -2.40. The van der Waals surface area contributed by atoms with Crippen LogP contribution in [0.15, 0.2) is 70.3 Å². The third-order valence-corrected chi connectivity index (χ3v) is 7.79. The molecule has 1 aromatic heterocycles. The summed E-state index contributed by atoms with van der Waals surface area (Å²) in [4.78, 5) is 34.6. The van der Waals surface area contributed by atoms with Gasteiger partial charge in [0.25, 0.3) is 5.56 Å². The fourth-order valence-electron chi connectivity index (χ4n) is 5.01. The Morgan fingerprint density at radius 2 is 1.86 bits per heavy atom. The highest BCUT2D eigenvalue weighted by Gasteiger charge is 2.46. The number of halogens is 1. The zero-order chi connectivity index (χ0) is 24.7. The number of allylic oxidation sites excluding steroid dienone is 2. The molecule has 2 heterocycles. The Labute approximate surface area is 213 Å². The van der Waals surface area contributed by atoms with Crippen LogP contribution in [0.2, 0.25) is 5.02 Å². The molecule has 0 radical (unpaired) electrons. The van der Waals surface area contributed by atoms with Crippen molar-refractivity contribution in [2.45, 2.75) is 37.1 Å². The number of carbonyl (C=O) groups excluding carboxylic acids is 1. The number of ether oxygens (including phenoxy) is 1. The maximum Gasteiger partial charge on any atom is 0.257 e. The number of nitrogens with zero attached hydrogens (tertiary/aromatic N) is 1. The molecule has 0 bridgehead atoms. The summed E-state index contributed by atoms with van der Waals surface area (Å²) in [6, 6.07) is 15.2. The Hall–Kier alpha value is -3.03. The van der Waals surface area contributed by atoms with Gasteiger partial charge in [0.1, 0.15) is 17.4 Å². The van der Waals surface area contributed by atoms with Gasteiger partial charge in [0.15, 0.2) is 5.16 Å². The van der Waals surface area contributed by atoms with Crippen LogP contribution in [0.4, 0.5) is 5.82 Å². The maximum absolute atomic E-state index is 13.5. The molecule has 0 saturated carbocycles. The van der Waals surface area contributed by atoms with Crippen LogP contribution >= 0.6 is 23.4 Å². The molecule has 5 rings (SSSR count). The maximum atomic E-state index is 13.5. The van der Waals surface area contributed by atoms with Gasteiger partial charge >= 0.3 is 0 Å². The number of nitrogens with one attached hydrogen (secondary N) is 2. The molecule has 8 heteroatoms. The molecule has 180 valence electrons. The monoisotopic (exact) mass is 507 g/mol. The SMILES string of the molecule is COc1ccccc1C1c2c(nc(SCc3ccccc3Cl)[nH]c2=O)NC2=CC(C)(C)CC(=O)C21. The van der Waals surface area contributed by atoms with E-state index in [4.69, 9.17) is 21.3 Å². The van der Waals surface area contributed by atoms with E-state index in [9.17, 15) is 9.59 Å². The number of thioether (sulfide) groups is 1. The first-order chi connectivity index (χ1) is 16.8. The highest BCUT2D eigenvalue weighted by Crippen LogP contribution is 2.49. The molecule has 0 fully saturated rings. The van der Waals surface area contributed by atoms with Gasteiger partial charge in [0, 0.05) is 34.4 Å². The van der Waals surface area contributed by atoms with Crippen LogP contribution in [0.5, 0.6) is 5.75 Å². The van der Waals surface area contributed by atoms with Crippen LogP contribution in [0.3, 0.4) is 0 Å². The number of fused-ring (bicyclic) bond motifs is 2. The normalized spacial score (nSPS) is 20.3. The van der Waals surface area contributed by atoms with E-state index < -0.39 is 11.8 Å². The van der Waals surface area contributed by atoms with Crippen LogP contribution in [0.25, 0.3) is 0 Å². The number of benzene rings is 2. The van der Waals surface area contributed by atoms with Crippen LogP contribution in [-0.4, -0.2) is 22.9 Å². The van der Waals surface area contributed by atoms with Gasteiger partial charge in [0.2, 0.25) is 0 Å².